The predicted octanol–water partition coefficient (Wildman–Crippen LogP) is 3.96. The number of aromatic nitrogens is 5. The van der Waals surface area contributed by atoms with Gasteiger partial charge in [-0.15, -0.1) is 21.5 Å². The SMILES string of the molecule is Cn1c(SCc2noc(Nc3ccccc3)n2)nnc1-c1cccs1. The molecule has 9 heteroatoms. The fraction of sp³-hybridized carbons (Fsp3) is 0.125. The van der Waals surface area contributed by atoms with Crippen molar-refractivity contribution in [1.29, 1.82) is 0 Å². The van der Waals surface area contributed by atoms with Crippen LogP contribution < -0.4 is 5.32 Å². The number of hydrogen-bond acceptors (Lipinski definition) is 8. The molecule has 25 heavy (non-hydrogen) atoms. The summed E-state index contributed by atoms with van der Waals surface area (Å²) in [5.74, 6) is 2.01. The topological polar surface area (TPSA) is 81.7 Å². The summed E-state index contributed by atoms with van der Waals surface area (Å²) in [7, 11) is 1.95. The Kier molecular flexibility index (Phi) is 4.49. The highest BCUT2D eigenvalue weighted by molar-refractivity contribution is 7.98. The van der Waals surface area contributed by atoms with Crippen LogP contribution in [-0.4, -0.2) is 24.9 Å². The van der Waals surface area contributed by atoms with Crippen LogP contribution in [0.2, 0.25) is 0 Å². The summed E-state index contributed by atoms with van der Waals surface area (Å²) in [6.45, 7) is 0. The molecule has 0 saturated heterocycles. The molecule has 1 aromatic carbocycles. The fourth-order valence-electron chi connectivity index (χ4n) is 2.20. The molecule has 0 unspecified atom stereocenters. The largest absolute Gasteiger partial charge is 0.325 e. The van der Waals surface area contributed by atoms with Crippen molar-refractivity contribution in [2.24, 2.45) is 7.05 Å². The van der Waals surface area contributed by atoms with Gasteiger partial charge in [-0.1, -0.05) is 41.2 Å². The van der Waals surface area contributed by atoms with Gasteiger partial charge in [0.15, 0.2) is 16.8 Å². The molecular formula is C16H14N6OS2. The van der Waals surface area contributed by atoms with E-state index in [-0.39, 0.29) is 0 Å². The van der Waals surface area contributed by atoms with Crippen molar-refractivity contribution in [3.63, 3.8) is 0 Å². The molecule has 0 aliphatic heterocycles. The number of rotatable bonds is 6. The van der Waals surface area contributed by atoms with Gasteiger partial charge in [-0.25, -0.2) is 0 Å². The van der Waals surface area contributed by atoms with E-state index in [1.54, 1.807) is 11.3 Å². The Hall–Kier alpha value is -2.65. The third-order valence-electron chi connectivity index (χ3n) is 3.40. The van der Waals surface area contributed by atoms with Crippen molar-refractivity contribution in [1.82, 2.24) is 24.9 Å². The lowest BCUT2D eigenvalue weighted by atomic mass is 10.3. The summed E-state index contributed by atoms with van der Waals surface area (Å²) in [5, 5.41) is 18.4. The van der Waals surface area contributed by atoms with E-state index in [9.17, 15) is 0 Å². The molecule has 0 bridgehead atoms. The van der Waals surface area contributed by atoms with Crippen molar-refractivity contribution < 1.29 is 4.52 Å². The first-order valence-corrected chi connectivity index (χ1v) is 9.37. The number of thioether (sulfide) groups is 1. The van der Waals surface area contributed by atoms with Crippen molar-refractivity contribution in [3.05, 3.63) is 53.7 Å². The second-order valence-corrected chi connectivity index (χ2v) is 7.03. The Labute approximate surface area is 152 Å². The minimum Gasteiger partial charge on any atom is -0.315 e. The first-order valence-electron chi connectivity index (χ1n) is 7.50. The van der Waals surface area contributed by atoms with Crippen LogP contribution in [0, 0.1) is 0 Å². The summed E-state index contributed by atoms with van der Waals surface area (Å²) in [4.78, 5) is 5.44. The standard InChI is InChI=1S/C16H14N6OS2/c1-22-14(12-8-5-9-24-12)19-20-16(22)25-10-13-18-15(23-21-13)17-11-6-3-2-4-7-11/h2-9H,10H2,1H3,(H,17,18,21). The maximum Gasteiger partial charge on any atom is 0.325 e. The van der Waals surface area contributed by atoms with Gasteiger partial charge in [0, 0.05) is 12.7 Å². The molecule has 3 aromatic heterocycles. The quantitative estimate of drug-likeness (QED) is 0.514. The molecule has 0 radical (unpaired) electrons. The first kappa shape index (κ1) is 15.9. The third kappa shape index (κ3) is 3.57. The van der Waals surface area contributed by atoms with Gasteiger partial charge < -0.3 is 14.4 Å². The Morgan fingerprint density at radius 3 is 2.84 bits per heavy atom. The summed E-state index contributed by atoms with van der Waals surface area (Å²) < 4.78 is 7.20. The molecule has 0 aliphatic rings. The van der Waals surface area contributed by atoms with E-state index >= 15 is 0 Å². The van der Waals surface area contributed by atoms with Gasteiger partial charge in [0.2, 0.25) is 0 Å². The Bertz CT molecular complexity index is 948. The molecule has 4 aromatic rings. The van der Waals surface area contributed by atoms with Crippen LogP contribution >= 0.6 is 23.1 Å². The van der Waals surface area contributed by atoms with Gasteiger partial charge in [0.25, 0.3) is 0 Å². The van der Waals surface area contributed by atoms with Gasteiger partial charge >= 0.3 is 6.01 Å². The molecule has 0 aliphatic carbocycles. The Morgan fingerprint density at radius 1 is 1.16 bits per heavy atom. The summed E-state index contributed by atoms with van der Waals surface area (Å²) in [6, 6.07) is 14.1. The predicted molar refractivity (Wildman–Crippen MR) is 97.9 cm³/mol. The molecule has 4 rings (SSSR count). The Morgan fingerprint density at radius 2 is 2.04 bits per heavy atom. The van der Waals surface area contributed by atoms with E-state index in [2.05, 4.69) is 25.7 Å². The van der Waals surface area contributed by atoms with Gasteiger partial charge in [0.05, 0.1) is 10.6 Å². The smallest absolute Gasteiger partial charge is 0.315 e. The van der Waals surface area contributed by atoms with Gasteiger partial charge in [-0.2, -0.15) is 4.98 Å². The minimum atomic E-state index is 0.374. The molecule has 3 heterocycles. The molecule has 0 spiro atoms. The summed E-state index contributed by atoms with van der Waals surface area (Å²) in [6.07, 6.45) is 0. The number of para-hydroxylation sites is 1. The molecule has 1 N–H and O–H groups in total. The highest BCUT2D eigenvalue weighted by Crippen LogP contribution is 2.27. The second kappa shape index (κ2) is 7.08. The second-order valence-electron chi connectivity index (χ2n) is 5.14. The Balaban J connectivity index is 1.41. The minimum absolute atomic E-state index is 0.374. The van der Waals surface area contributed by atoms with Crippen LogP contribution in [0.5, 0.6) is 0 Å². The van der Waals surface area contributed by atoms with E-state index in [0.29, 0.717) is 17.6 Å². The normalized spacial score (nSPS) is 10.9. The monoisotopic (exact) mass is 370 g/mol. The molecule has 0 atom stereocenters. The van der Waals surface area contributed by atoms with Crippen molar-refractivity contribution in [2.75, 3.05) is 5.32 Å². The van der Waals surface area contributed by atoms with Crippen LogP contribution in [0.4, 0.5) is 11.7 Å². The van der Waals surface area contributed by atoms with Gasteiger partial charge in [-0.05, 0) is 23.6 Å². The highest BCUT2D eigenvalue weighted by Gasteiger charge is 2.14. The number of benzene rings is 1. The van der Waals surface area contributed by atoms with Crippen molar-refractivity contribution >= 4 is 34.8 Å². The lowest BCUT2D eigenvalue weighted by Gasteiger charge is -2.00. The number of nitrogens with one attached hydrogen (secondary N) is 1. The molecule has 126 valence electrons. The summed E-state index contributed by atoms with van der Waals surface area (Å²) in [5.41, 5.74) is 0.902. The van der Waals surface area contributed by atoms with Crippen LogP contribution in [0.3, 0.4) is 0 Å². The maximum absolute atomic E-state index is 5.22. The van der Waals surface area contributed by atoms with Gasteiger partial charge in [0.1, 0.15) is 0 Å². The number of anilines is 2. The van der Waals surface area contributed by atoms with E-state index in [1.165, 1.54) is 11.8 Å². The summed E-state index contributed by atoms with van der Waals surface area (Å²) >= 11 is 3.16. The lowest BCUT2D eigenvalue weighted by molar-refractivity contribution is 0.428. The highest BCUT2D eigenvalue weighted by atomic mass is 32.2. The fourth-order valence-corrected chi connectivity index (χ4v) is 3.70. The molecule has 0 fully saturated rings. The average Bonchev–Trinajstić information content (AvgIpc) is 3.36. The van der Waals surface area contributed by atoms with Crippen molar-refractivity contribution in [2.45, 2.75) is 10.9 Å². The van der Waals surface area contributed by atoms with E-state index < -0.39 is 0 Å². The first-order chi connectivity index (χ1) is 12.3. The van der Waals surface area contributed by atoms with Crippen LogP contribution in [0.1, 0.15) is 5.82 Å². The van der Waals surface area contributed by atoms with Crippen molar-refractivity contribution in [3.8, 4) is 10.7 Å². The lowest BCUT2D eigenvalue weighted by Crippen LogP contribution is -1.94. The van der Waals surface area contributed by atoms with Crippen LogP contribution in [-0.2, 0) is 12.8 Å². The van der Waals surface area contributed by atoms with E-state index in [0.717, 1.165) is 21.5 Å². The molecular weight excluding hydrogens is 356 g/mol. The number of nitrogens with zero attached hydrogens (tertiary/aromatic N) is 5. The molecule has 0 amide bonds. The maximum atomic E-state index is 5.22. The van der Waals surface area contributed by atoms with E-state index in [4.69, 9.17) is 4.52 Å². The number of hydrogen-bond donors (Lipinski definition) is 1. The molecule has 0 saturated carbocycles. The van der Waals surface area contributed by atoms with Gasteiger partial charge in [-0.3, -0.25) is 0 Å². The zero-order valence-electron chi connectivity index (χ0n) is 13.3. The van der Waals surface area contributed by atoms with Crippen LogP contribution in [0.25, 0.3) is 10.7 Å². The zero-order chi connectivity index (χ0) is 17.1. The molecule has 7 nitrogen and oxygen atoms in total. The number of thiophene rings is 1. The zero-order valence-corrected chi connectivity index (χ0v) is 14.9. The third-order valence-corrected chi connectivity index (χ3v) is 5.28. The average molecular weight is 370 g/mol. The van der Waals surface area contributed by atoms with Crippen LogP contribution in [0.15, 0.2) is 57.5 Å². The van der Waals surface area contributed by atoms with E-state index in [1.807, 2.05) is 59.5 Å².